The van der Waals surface area contributed by atoms with Gasteiger partial charge in [-0.05, 0) is 55.9 Å². The third-order valence-electron chi connectivity index (χ3n) is 5.28. The first-order valence-corrected chi connectivity index (χ1v) is 8.74. The maximum absolute atomic E-state index is 10.9. The monoisotopic (exact) mass is 301 g/mol. The topological polar surface area (TPSA) is 49.3 Å². The zero-order valence-corrected chi connectivity index (χ0v) is 13.2. The highest BCUT2D eigenvalue weighted by molar-refractivity contribution is 5.66. The minimum Gasteiger partial charge on any atom is -0.481 e. The van der Waals surface area contributed by atoms with Gasteiger partial charge in [-0.3, -0.25) is 4.79 Å². The average Bonchev–Trinajstić information content (AvgIpc) is 3.26. The molecular weight excluding hydrogens is 274 g/mol. The minimum atomic E-state index is -0.690. The van der Waals surface area contributed by atoms with E-state index >= 15 is 0 Å². The molecule has 2 aliphatic rings. The van der Waals surface area contributed by atoms with E-state index < -0.39 is 5.97 Å². The van der Waals surface area contributed by atoms with Gasteiger partial charge < -0.3 is 10.4 Å². The van der Waals surface area contributed by atoms with Crippen molar-refractivity contribution in [1.29, 1.82) is 0 Å². The summed E-state index contributed by atoms with van der Waals surface area (Å²) in [5, 5.41) is 12.8. The van der Waals surface area contributed by atoms with Gasteiger partial charge >= 0.3 is 5.97 Å². The lowest BCUT2D eigenvalue weighted by Gasteiger charge is -2.27. The molecule has 2 fully saturated rings. The average molecular weight is 301 g/mol. The molecule has 0 aliphatic heterocycles. The van der Waals surface area contributed by atoms with Crippen molar-refractivity contribution in [2.75, 3.05) is 0 Å². The van der Waals surface area contributed by atoms with Crippen LogP contribution < -0.4 is 5.32 Å². The van der Waals surface area contributed by atoms with Gasteiger partial charge in [0.05, 0.1) is 0 Å². The number of nitrogens with one attached hydrogen (secondary N) is 1. The Hall–Kier alpha value is -1.35. The Kier molecular flexibility index (Phi) is 5.14. The summed E-state index contributed by atoms with van der Waals surface area (Å²) in [6, 6.07) is 11.3. The summed E-state index contributed by atoms with van der Waals surface area (Å²) in [5.41, 5.74) is 1.30. The highest BCUT2D eigenvalue weighted by atomic mass is 16.4. The van der Waals surface area contributed by atoms with Crippen LogP contribution in [-0.4, -0.2) is 23.2 Å². The minimum absolute atomic E-state index is 0.255. The first kappa shape index (κ1) is 15.5. The van der Waals surface area contributed by atoms with Crippen molar-refractivity contribution in [2.24, 2.45) is 11.8 Å². The van der Waals surface area contributed by atoms with Crippen LogP contribution >= 0.6 is 0 Å². The molecule has 2 aliphatic carbocycles. The van der Waals surface area contributed by atoms with Gasteiger partial charge in [0.15, 0.2) is 0 Å². The molecule has 0 heterocycles. The molecule has 0 saturated heterocycles. The van der Waals surface area contributed by atoms with Gasteiger partial charge in [0.1, 0.15) is 0 Å². The summed E-state index contributed by atoms with van der Waals surface area (Å²) in [7, 11) is 0. The molecule has 3 nitrogen and oxygen atoms in total. The van der Waals surface area contributed by atoms with E-state index in [-0.39, 0.29) is 12.5 Å². The third-order valence-corrected chi connectivity index (χ3v) is 5.28. The standard InChI is InChI=1S/C19H27NO2/c21-19(22)12-11-16(13-14-5-2-1-3-6-14)20-18-8-4-7-17(18)15-9-10-15/h1-3,5-6,15-18,20H,4,7-13H2,(H,21,22). The molecule has 1 aromatic rings. The van der Waals surface area contributed by atoms with E-state index in [1.54, 1.807) is 0 Å². The van der Waals surface area contributed by atoms with Gasteiger partial charge in [0.2, 0.25) is 0 Å². The molecule has 1 aromatic carbocycles. The van der Waals surface area contributed by atoms with E-state index in [1.807, 2.05) is 6.07 Å². The van der Waals surface area contributed by atoms with Crippen LogP contribution in [0, 0.1) is 11.8 Å². The number of carbonyl (C=O) groups is 1. The molecule has 0 bridgehead atoms. The molecule has 120 valence electrons. The Labute approximate surface area is 133 Å². The summed E-state index contributed by atoms with van der Waals surface area (Å²) in [6.07, 6.45) is 8.67. The fraction of sp³-hybridized carbons (Fsp3) is 0.632. The number of aliphatic carboxylic acids is 1. The van der Waals surface area contributed by atoms with E-state index in [2.05, 4.69) is 29.6 Å². The van der Waals surface area contributed by atoms with Crippen molar-refractivity contribution in [1.82, 2.24) is 5.32 Å². The fourth-order valence-electron chi connectivity index (χ4n) is 4.03. The Bertz CT molecular complexity index is 483. The van der Waals surface area contributed by atoms with E-state index in [4.69, 9.17) is 5.11 Å². The van der Waals surface area contributed by atoms with Crippen molar-refractivity contribution in [3.63, 3.8) is 0 Å². The van der Waals surface area contributed by atoms with Crippen molar-refractivity contribution in [2.45, 2.75) is 63.5 Å². The van der Waals surface area contributed by atoms with Gasteiger partial charge in [-0.2, -0.15) is 0 Å². The first-order chi connectivity index (χ1) is 10.7. The molecule has 2 N–H and O–H groups in total. The molecule has 0 spiro atoms. The third kappa shape index (κ3) is 4.33. The van der Waals surface area contributed by atoms with E-state index in [0.29, 0.717) is 6.04 Å². The van der Waals surface area contributed by atoms with Crippen molar-refractivity contribution >= 4 is 5.97 Å². The van der Waals surface area contributed by atoms with Crippen LogP contribution in [0.5, 0.6) is 0 Å². The summed E-state index contributed by atoms with van der Waals surface area (Å²) in [6.45, 7) is 0. The van der Waals surface area contributed by atoms with Gasteiger partial charge in [-0.15, -0.1) is 0 Å². The molecule has 3 heteroatoms. The molecule has 0 aromatic heterocycles. The summed E-state index contributed by atoms with van der Waals surface area (Å²) >= 11 is 0. The van der Waals surface area contributed by atoms with Crippen molar-refractivity contribution in [3.8, 4) is 0 Å². The largest absolute Gasteiger partial charge is 0.481 e. The maximum Gasteiger partial charge on any atom is 0.303 e. The summed E-state index contributed by atoms with van der Waals surface area (Å²) in [4.78, 5) is 10.9. The molecule has 0 amide bonds. The van der Waals surface area contributed by atoms with Crippen LogP contribution in [0.3, 0.4) is 0 Å². The van der Waals surface area contributed by atoms with Gasteiger partial charge in [0.25, 0.3) is 0 Å². The molecular formula is C19H27NO2. The number of carboxylic acids is 1. The van der Waals surface area contributed by atoms with E-state index in [9.17, 15) is 4.79 Å². The lowest BCUT2D eigenvalue weighted by Crippen LogP contribution is -2.42. The molecule has 22 heavy (non-hydrogen) atoms. The van der Waals surface area contributed by atoms with Gasteiger partial charge in [-0.1, -0.05) is 36.8 Å². The number of carboxylic acid groups (broad SMARTS) is 1. The SMILES string of the molecule is O=C(O)CCC(Cc1ccccc1)NC1CCCC1C1CC1. The van der Waals surface area contributed by atoms with Crippen LogP contribution in [0.2, 0.25) is 0 Å². The zero-order valence-electron chi connectivity index (χ0n) is 13.2. The Balaban J connectivity index is 1.60. The quantitative estimate of drug-likeness (QED) is 0.771. The summed E-state index contributed by atoms with van der Waals surface area (Å²) in [5.74, 6) is 1.09. The second-order valence-corrected chi connectivity index (χ2v) is 7.02. The second-order valence-electron chi connectivity index (χ2n) is 7.02. The van der Waals surface area contributed by atoms with Gasteiger partial charge in [-0.25, -0.2) is 0 Å². The van der Waals surface area contributed by atoms with Crippen LogP contribution in [0.1, 0.15) is 50.5 Å². The molecule has 3 unspecified atom stereocenters. The normalized spacial score (nSPS) is 26.0. The Morgan fingerprint density at radius 2 is 1.95 bits per heavy atom. The number of hydrogen-bond donors (Lipinski definition) is 2. The van der Waals surface area contributed by atoms with Crippen LogP contribution in [0.25, 0.3) is 0 Å². The molecule has 0 radical (unpaired) electrons. The number of hydrogen-bond acceptors (Lipinski definition) is 2. The lowest BCUT2D eigenvalue weighted by molar-refractivity contribution is -0.137. The van der Waals surface area contributed by atoms with Crippen molar-refractivity contribution < 1.29 is 9.90 Å². The first-order valence-electron chi connectivity index (χ1n) is 8.74. The van der Waals surface area contributed by atoms with Crippen molar-refractivity contribution in [3.05, 3.63) is 35.9 Å². The number of benzene rings is 1. The molecule has 3 rings (SSSR count). The predicted molar refractivity (Wildman–Crippen MR) is 87.8 cm³/mol. The van der Waals surface area contributed by atoms with Crippen LogP contribution in [-0.2, 0) is 11.2 Å². The van der Waals surface area contributed by atoms with E-state index in [1.165, 1.54) is 37.7 Å². The highest BCUT2D eigenvalue weighted by Crippen LogP contribution is 2.45. The van der Waals surface area contributed by atoms with Crippen LogP contribution in [0.4, 0.5) is 0 Å². The molecule has 2 saturated carbocycles. The molecule has 3 atom stereocenters. The zero-order chi connectivity index (χ0) is 15.4. The fourth-order valence-corrected chi connectivity index (χ4v) is 4.03. The second kappa shape index (κ2) is 7.28. The summed E-state index contributed by atoms with van der Waals surface area (Å²) < 4.78 is 0. The van der Waals surface area contributed by atoms with Crippen LogP contribution in [0.15, 0.2) is 30.3 Å². The lowest BCUT2D eigenvalue weighted by atomic mass is 9.94. The van der Waals surface area contributed by atoms with E-state index in [0.717, 1.165) is 24.7 Å². The highest BCUT2D eigenvalue weighted by Gasteiger charge is 2.39. The Morgan fingerprint density at radius 3 is 2.64 bits per heavy atom. The number of rotatable bonds is 8. The predicted octanol–water partition coefficient (Wildman–Crippen LogP) is 3.63. The smallest absolute Gasteiger partial charge is 0.303 e. The Morgan fingerprint density at radius 1 is 1.18 bits per heavy atom. The maximum atomic E-state index is 10.9. The van der Waals surface area contributed by atoms with Gasteiger partial charge in [0, 0.05) is 18.5 Å².